The standard InChI is InChI=1S/C27H24Cl3F5N2O4/c1-14(2)18(24(40)27(34,35)25(41)36-13-26(31,32)33)12-21(38)23(16-5-7-17(28)8-6-16)37-22(39)10-4-15-3-9-19(29)20(30)11-15/h3-11,14,18,23H,12-13H2,1-2H3,(H,36,41)(H,37,39)/b10-4+/t18-,23-/m0/s1. The third-order valence-corrected chi connectivity index (χ3v) is 6.78. The van der Waals surface area contributed by atoms with E-state index in [0.717, 1.165) is 11.4 Å². The van der Waals surface area contributed by atoms with Gasteiger partial charge >= 0.3 is 12.1 Å². The van der Waals surface area contributed by atoms with E-state index in [1.807, 2.05) is 0 Å². The highest BCUT2D eigenvalue weighted by molar-refractivity contribution is 6.42. The summed E-state index contributed by atoms with van der Waals surface area (Å²) in [6, 6.07) is 8.77. The Bertz CT molecular complexity index is 1320. The van der Waals surface area contributed by atoms with Gasteiger partial charge in [0.25, 0.3) is 5.91 Å². The van der Waals surface area contributed by atoms with Crippen LogP contribution in [0.25, 0.3) is 6.08 Å². The maximum absolute atomic E-state index is 14.6. The van der Waals surface area contributed by atoms with Crippen LogP contribution in [-0.4, -0.2) is 42.0 Å². The Morgan fingerprint density at radius 3 is 2.05 bits per heavy atom. The molecule has 0 aliphatic heterocycles. The number of Topliss-reactive ketones (excluding diaryl/α,β-unsaturated/α-hetero) is 2. The van der Waals surface area contributed by atoms with E-state index in [1.54, 1.807) is 6.07 Å². The first-order valence-electron chi connectivity index (χ1n) is 11.9. The summed E-state index contributed by atoms with van der Waals surface area (Å²) in [7, 11) is 0. The fourth-order valence-electron chi connectivity index (χ4n) is 3.59. The fourth-order valence-corrected chi connectivity index (χ4v) is 4.02. The number of alkyl halides is 5. The van der Waals surface area contributed by atoms with Gasteiger partial charge in [-0.25, -0.2) is 0 Å². The molecule has 0 saturated heterocycles. The molecule has 0 radical (unpaired) electrons. The van der Waals surface area contributed by atoms with Crippen LogP contribution < -0.4 is 10.6 Å². The van der Waals surface area contributed by atoms with E-state index in [-0.39, 0.29) is 10.6 Å². The quantitative estimate of drug-likeness (QED) is 0.155. The smallest absolute Gasteiger partial charge is 0.341 e. The highest BCUT2D eigenvalue weighted by Crippen LogP contribution is 2.30. The Kier molecular flexibility index (Phi) is 11.9. The number of halogens is 8. The number of ketones is 2. The predicted octanol–water partition coefficient (Wildman–Crippen LogP) is 6.63. The zero-order valence-corrected chi connectivity index (χ0v) is 23.8. The van der Waals surface area contributed by atoms with Crippen molar-refractivity contribution in [1.29, 1.82) is 0 Å². The molecule has 6 nitrogen and oxygen atoms in total. The highest BCUT2D eigenvalue weighted by atomic mass is 35.5. The summed E-state index contributed by atoms with van der Waals surface area (Å²) >= 11 is 17.7. The molecule has 0 saturated carbocycles. The zero-order chi connectivity index (χ0) is 31.1. The minimum absolute atomic E-state index is 0.209. The molecule has 0 spiro atoms. The molecule has 0 bridgehead atoms. The average Bonchev–Trinajstić information content (AvgIpc) is 2.89. The second kappa shape index (κ2) is 14.2. The lowest BCUT2D eigenvalue weighted by atomic mass is 9.82. The Morgan fingerprint density at radius 1 is 0.902 bits per heavy atom. The van der Waals surface area contributed by atoms with Gasteiger partial charge in [0, 0.05) is 23.4 Å². The molecule has 2 rings (SSSR count). The van der Waals surface area contributed by atoms with Crippen LogP contribution in [0.15, 0.2) is 48.5 Å². The molecule has 0 heterocycles. The molecule has 0 fully saturated rings. The Balaban J connectivity index is 2.30. The van der Waals surface area contributed by atoms with E-state index >= 15 is 0 Å². The number of nitrogens with one attached hydrogen (secondary N) is 2. The van der Waals surface area contributed by atoms with E-state index in [2.05, 4.69) is 5.32 Å². The summed E-state index contributed by atoms with van der Waals surface area (Å²) in [6.45, 7) is 0.589. The van der Waals surface area contributed by atoms with Crippen LogP contribution in [0, 0.1) is 11.8 Å². The van der Waals surface area contributed by atoms with E-state index < -0.39 is 66.3 Å². The van der Waals surface area contributed by atoms with Crippen LogP contribution in [-0.2, 0) is 19.2 Å². The zero-order valence-electron chi connectivity index (χ0n) is 21.5. The molecule has 2 aromatic rings. The Hall–Kier alpha value is -3.02. The number of carbonyl (C=O) groups excluding carboxylic acids is 4. The average molecular weight is 642 g/mol. The predicted molar refractivity (Wildman–Crippen MR) is 145 cm³/mol. The maximum Gasteiger partial charge on any atom is 0.405 e. The van der Waals surface area contributed by atoms with Crippen LogP contribution in [0.1, 0.15) is 37.4 Å². The lowest BCUT2D eigenvalue weighted by Gasteiger charge is -2.26. The van der Waals surface area contributed by atoms with Gasteiger partial charge in [-0.2, -0.15) is 22.0 Å². The van der Waals surface area contributed by atoms with Crippen molar-refractivity contribution >= 4 is 64.3 Å². The van der Waals surface area contributed by atoms with Crippen LogP contribution in [0.2, 0.25) is 15.1 Å². The van der Waals surface area contributed by atoms with Crippen molar-refractivity contribution in [3.63, 3.8) is 0 Å². The molecule has 0 aromatic heterocycles. The molecular formula is C27H24Cl3F5N2O4. The number of benzene rings is 2. The van der Waals surface area contributed by atoms with Crippen molar-refractivity contribution in [2.75, 3.05) is 6.54 Å². The van der Waals surface area contributed by atoms with Gasteiger partial charge in [0.1, 0.15) is 12.6 Å². The third-order valence-electron chi connectivity index (χ3n) is 5.79. The van der Waals surface area contributed by atoms with Gasteiger partial charge < -0.3 is 10.6 Å². The first kappa shape index (κ1) is 34.2. The van der Waals surface area contributed by atoms with Gasteiger partial charge in [0.05, 0.1) is 10.0 Å². The number of rotatable bonds is 12. The summed E-state index contributed by atoms with van der Waals surface area (Å²) in [6.07, 6.45) is -3.38. The molecule has 222 valence electrons. The second-order valence-corrected chi connectivity index (χ2v) is 10.5. The minimum Gasteiger partial charge on any atom is -0.341 e. The Morgan fingerprint density at radius 2 is 1.51 bits per heavy atom. The molecule has 14 heteroatoms. The number of hydrogen-bond donors (Lipinski definition) is 2. The van der Waals surface area contributed by atoms with Crippen molar-refractivity contribution in [2.24, 2.45) is 11.8 Å². The number of hydrogen-bond acceptors (Lipinski definition) is 4. The van der Waals surface area contributed by atoms with Crippen molar-refractivity contribution in [3.8, 4) is 0 Å². The monoisotopic (exact) mass is 640 g/mol. The summed E-state index contributed by atoms with van der Waals surface area (Å²) < 4.78 is 66.3. The van der Waals surface area contributed by atoms with Crippen molar-refractivity contribution in [1.82, 2.24) is 10.6 Å². The topological polar surface area (TPSA) is 92.3 Å². The van der Waals surface area contributed by atoms with Crippen molar-refractivity contribution in [2.45, 2.75) is 38.4 Å². The molecule has 2 aromatic carbocycles. The summed E-state index contributed by atoms with van der Waals surface area (Å²) in [5.74, 6) is -13.6. The van der Waals surface area contributed by atoms with E-state index in [0.29, 0.717) is 15.6 Å². The molecule has 41 heavy (non-hydrogen) atoms. The Labute approximate surface area is 247 Å². The largest absolute Gasteiger partial charge is 0.405 e. The molecule has 0 unspecified atom stereocenters. The summed E-state index contributed by atoms with van der Waals surface area (Å²) in [5, 5.41) is 4.26. The summed E-state index contributed by atoms with van der Waals surface area (Å²) in [4.78, 5) is 50.5. The van der Waals surface area contributed by atoms with Gasteiger partial charge in [0.2, 0.25) is 11.7 Å². The van der Waals surface area contributed by atoms with E-state index in [9.17, 15) is 41.1 Å². The van der Waals surface area contributed by atoms with Crippen LogP contribution >= 0.6 is 34.8 Å². The fraction of sp³-hybridized carbons (Fsp3) is 0.333. The normalized spacial score (nSPS) is 13.6. The number of amides is 2. The van der Waals surface area contributed by atoms with Crippen LogP contribution in [0.3, 0.4) is 0 Å². The molecular weight excluding hydrogens is 618 g/mol. The molecule has 0 aliphatic carbocycles. The SMILES string of the molecule is CC(C)[C@H](CC(=O)[C@@H](NC(=O)/C=C/c1ccc(Cl)c(Cl)c1)c1ccc(Cl)cc1)C(=O)C(F)(F)C(=O)NCC(F)(F)F. The molecule has 0 aliphatic rings. The van der Waals surface area contributed by atoms with Crippen LogP contribution in [0.4, 0.5) is 22.0 Å². The third kappa shape index (κ3) is 10.1. The minimum atomic E-state index is -4.99. The first-order chi connectivity index (χ1) is 18.9. The highest BCUT2D eigenvalue weighted by Gasteiger charge is 2.51. The van der Waals surface area contributed by atoms with Gasteiger partial charge in [-0.1, -0.05) is 66.8 Å². The lowest BCUT2D eigenvalue weighted by molar-refractivity contribution is -0.167. The van der Waals surface area contributed by atoms with Crippen molar-refractivity contribution < 1.29 is 41.1 Å². The molecule has 2 N–H and O–H groups in total. The molecule has 2 atom stereocenters. The van der Waals surface area contributed by atoms with Gasteiger partial charge in [-0.3, -0.25) is 19.2 Å². The maximum atomic E-state index is 14.6. The summed E-state index contributed by atoms with van der Waals surface area (Å²) in [5.41, 5.74) is 0.709. The van der Waals surface area contributed by atoms with Crippen LogP contribution in [0.5, 0.6) is 0 Å². The van der Waals surface area contributed by atoms with Gasteiger partial charge in [0.15, 0.2) is 5.78 Å². The van der Waals surface area contributed by atoms with Gasteiger partial charge in [-0.15, -0.1) is 0 Å². The van der Waals surface area contributed by atoms with E-state index in [4.69, 9.17) is 34.8 Å². The molecule has 2 amide bonds. The lowest BCUT2D eigenvalue weighted by Crippen LogP contribution is -2.51. The van der Waals surface area contributed by atoms with Crippen molar-refractivity contribution in [3.05, 3.63) is 74.7 Å². The number of carbonyl (C=O) groups is 4. The second-order valence-electron chi connectivity index (χ2n) is 9.26. The van der Waals surface area contributed by atoms with E-state index in [1.165, 1.54) is 56.3 Å². The van der Waals surface area contributed by atoms with Gasteiger partial charge in [-0.05, 0) is 47.4 Å². The first-order valence-corrected chi connectivity index (χ1v) is 13.0.